The van der Waals surface area contributed by atoms with Crippen molar-refractivity contribution in [2.24, 2.45) is 5.73 Å². The van der Waals surface area contributed by atoms with Gasteiger partial charge in [0.25, 0.3) is 0 Å². The van der Waals surface area contributed by atoms with E-state index in [0.29, 0.717) is 33.3 Å². The molecule has 0 aliphatic rings. The minimum Gasteiger partial charge on any atom is -0.461 e. The van der Waals surface area contributed by atoms with Gasteiger partial charge in [-0.2, -0.15) is 13.2 Å². The Morgan fingerprint density at radius 2 is 1.34 bits per heavy atom. The molecule has 1 aromatic heterocycles. The molecule has 0 unspecified atom stereocenters. The Labute approximate surface area is 384 Å². The van der Waals surface area contributed by atoms with Crippen LogP contribution in [0.1, 0.15) is 47.9 Å². The first kappa shape index (κ1) is 50.3. The number of anilines is 1. The number of aromatic amines is 1. The van der Waals surface area contributed by atoms with E-state index in [-0.39, 0.29) is 38.8 Å². The molecular weight excluding hydrogens is 874 g/mol. The molecule has 0 spiro atoms. The average molecular weight is 927 g/mol. The van der Waals surface area contributed by atoms with Crippen LogP contribution < -0.4 is 32.3 Å². The van der Waals surface area contributed by atoms with Gasteiger partial charge in [-0.05, 0) is 60.6 Å². The lowest BCUT2D eigenvalue weighted by Crippen LogP contribution is -2.59. The van der Waals surface area contributed by atoms with Crippen LogP contribution in [0, 0.1) is 6.92 Å². The monoisotopic (exact) mass is 926 g/mol. The summed E-state index contributed by atoms with van der Waals surface area (Å²) >= 11 is 0. The summed E-state index contributed by atoms with van der Waals surface area (Å²) in [5.41, 5.74) is 9.45. The van der Waals surface area contributed by atoms with Crippen LogP contribution in [0.15, 0.2) is 115 Å². The number of nitrogens with one attached hydrogen (secondary N) is 6. The lowest BCUT2D eigenvalue weighted by atomic mass is 10.0. The van der Waals surface area contributed by atoms with Gasteiger partial charge in [0.15, 0.2) is 0 Å². The number of halogens is 3. The number of urea groups is 1. The number of primary amides is 1. The fourth-order valence-corrected chi connectivity index (χ4v) is 7.17. The zero-order chi connectivity index (χ0) is 48.5. The Bertz CT molecular complexity index is 2500. The molecule has 0 aliphatic heterocycles. The Balaban J connectivity index is 1.40. The van der Waals surface area contributed by atoms with Crippen LogP contribution in [-0.4, -0.2) is 95.4 Å². The predicted octanol–water partition coefficient (Wildman–Crippen LogP) is 4.72. The van der Waals surface area contributed by atoms with Crippen molar-refractivity contribution in [1.29, 1.82) is 0 Å². The Kier molecular flexibility index (Phi) is 18.0. The van der Waals surface area contributed by atoms with E-state index in [1.54, 1.807) is 102 Å². The van der Waals surface area contributed by atoms with Crippen LogP contribution in [0.5, 0.6) is 0 Å². The van der Waals surface area contributed by atoms with Crippen molar-refractivity contribution in [2.75, 3.05) is 18.9 Å². The number of esters is 1. The van der Waals surface area contributed by atoms with Gasteiger partial charge in [0.2, 0.25) is 23.6 Å². The summed E-state index contributed by atoms with van der Waals surface area (Å²) in [4.78, 5) is 97.8. The number of fused-ring (bicyclic) bond motifs is 1. The highest BCUT2D eigenvalue weighted by Crippen LogP contribution is 2.21. The molecule has 16 nitrogen and oxygen atoms in total. The van der Waals surface area contributed by atoms with E-state index in [4.69, 9.17) is 10.5 Å². The molecule has 4 atom stereocenters. The number of amides is 7. The first-order valence-electron chi connectivity index (χ1n) is 21.4. The number of likely N-dealkylation sites (N-methyl/N-ethyl adjacent to an activating group) is 1. The summed E-state index contributed by atoms with van der Waals surface area (Å²) in [6.45, 7) is 1.73. The first-order valence-corrected chi connectivity index (χ1v) is 21.4. The number of alkyl halides is 3. The highest BCUT2D eigenvalue weighted by Gasteiger charge is 2.42. The fraction of sp³-hybridized carbons (Fsp3) is 0.312. The number of carbonyl (C=O) groups is 7. The van der Waals surface area contributed by atoms with Gasteiger partial charge in [-0.3, -0.25) is 28.8 Å². The highest BCUT2D eigenvalue weighted by atomic mass is 19.4. The Morgan fingerprint density at radius 1 is 0.731 bits per heavy atom. The van der Waals surface area contributed by atoms with E-state index in [9.17, 15) is 46.7 Å². The van der Waals surface area contributed by atoms with Gasteiger partial charge >= 0.3 is 24.1 Å². The van der Waals surface area contributed by atoms with E-state index in [1.165, 1.54) is 13.2 Å². The normalized spacial score (nSPS) is 13.0. The number of nitrogens with two attached hydrogens (primary N) is 1. The quantitative estimate of drug-likeness (QED) is 0.0378. The van der Waals surface area contributed by atoms with Gasteiger partial charge in [0.1, 0.15) is 30.8 Å². The number of aromatic nitrogens is 1. The number of hydrogen-bond donors (Lipinski definition) is 7. The molecule has 4 aromatic carbocycles. The lowest BCUT2D eigenvalue weighted by molar-refractivity contribution is -0.174. The number of para-hydroxylation sites is 2. The molecule has 354 valence electrons. The molecule has 0 saturated carbocycles. The van der Waals surface area contributed by atoms with E-state index in [1.807, 2.05) is 19.1 Å². The maximum atomic E-state index is 14.4. The Hall–Kier alpha value is -7.70. The van der Waals surface area contributed by atoms with Gasteiger partial charge in [-0.1, -0.05) is 97.1 Å². The van der Waals surface area contributed by atoms with Crippen LogP contribution in [0.4, 0.5) is 23.7 Å². The summed E-state index contributed by atoms with van der Waals surface area (Å²) in [5, 5.41) is 12.7. The van der Waals surface area contributed by atoms with Crippen molar-refractivity contribution in [3.05, 3.63) is 138 Å². The van der Waals surface area contributed by atoms with Crippen molar-refractivity contribution >= 4 is 58.1 Å². The van der Waals surface area contributed by atoms with Crippen molar-refractivity contribution in [3.8, 4) is 0 Å². The van der Waals surface area contributed by atoms with Gasteiger partial charge < -0.3 is 46.9 Å². The first-order chi connectivity index (χ1) is 32.0. The number of aryl methyl sites for hydroxylation is 1. The molecule has 0 saturated heterocycles. The maximum absolute atomic E-state index is 14.4. The molecule has 5 aromatic rings. The van der Waals surface area contributed by atoms with E-state index in [2.05, 4.69) is 26.3 Å². The zero-order valence-electron chi connectivity index (χ0n) is 36.9. The van der Waals surface area contributed by atoms with Gasteiger partial charge in [0, 0.05) is 49.2 Å². The summed E-state index contributed by atoms with van der Waals surface area (Å²) in [5.74, 6) is -7.33. The largest absolute Gasteiger partial charge is 0.471 e. The summed E-state index contributed by atoms with van der Waals surface area (Å²) in [6, 6.07) is 24.3. The SMILES string of the molecule is Cc1ccccc1NC(=O)NCCCC[C@H](NC(=O)[C@H](Cc1c[nH]c2ccccc12)NC(=O)C(F)(F)F)C(=O)N[C@@H](CC(=O)OCc1ccccc1)C(=O)N(C)[C@@H](Cc1ccccc1)C(N)=O. The third-order valence-corrected chi connectivity index (χ3v) is 10.9. The average Bonchev–Trinajstić information content (AvgIpc) is 3.72. The maximum Gasteiger partial charge on any atom is 0.471 e. The summed E-state index contributed by atoms with van der Waals surface area (Å²) in [6.07, 6.45) is -4.91. The van der Waals surface area contributed by atoms with Crippen molar-refractivity contribution < 1.29 is 51.5 Å². The summed E-state index contributed by atoms with van der Waals surface area (Å²) < 4.78 is 46.4. The second-order valence-electron chi connectivity index (χ2n) is 15.8. The smallest absolute Gasteiger partial charge is 0.461 e. The number of hydrogen-bond acceptors (Lipinski definition) is 8. The molecule has 0 radical (unpaired) electrons. The molecule has 67 heavy (non-hydrogen) atoms. The van der Waals surface area contributed by atoms with Crippen molar-refractivity contribution in [1.82, 2.24) is 31.2 Å². The highest BCUT2D eigenvalue weighted by molar-refractivity contribution is 5.97. The third kappa shape index (κ3) is 15.2. The van der Waals surface area contributed by atoms with E-state index >= 15 is 0 Å². The Morgan fingerprint density at radius 3 is 2.01 bits per heavy atom. The number of unbranched alkanes of at least 4 members (excludes halogenated alkanes) is 1. The molecule has 0 bridgehead atoms. The molecule has 0 aliphatic carbocycles. The minimum atomic E-state index is -5.37. The van der Waals surface area contributed by atoms with Crippen molar-refractivity contribution in [3.63, 3.8) is 0 Å². The second-order valence-corrected chi connectivity index (χ2v) is 15.8. The fourth-order valence-electron chi connectivity index (χ4n) is 7.17. The molecule has 5 rings (SSSR count). The van der Waals surface area contributed by atoms with Crippen LogP contribution in [-0.2, 0) is 53.0 Å². The molecule has 1 heterocycles. The van der Waals surface area contributed by atoms with Crippen molar-refractivity contribution in [2.45, 2.75) is 82.4 Å². The predicted molar refractivity (Wildman–Crippen MR) is 243 cm³/mol. The number of H-pyrrole nitrogens is 1. The second kappa shape index (κ2) is 24.0. The molecule has 7 amide bonds. The number of benzene rings is 4. The summed E-state index contributed by atoms with van der Waals surface area (Å²) in [7, 11) is 1.27. The van der Waals surface area contributed by atoms with Gasteiger partial charge in [0.05, 0.1) is 6.42 Å². The van der Waals surface area contributed by atoms with Gasteiger partial charge in [-0.15, -0.1) is 0 Å². The standard InChI is InChI=1S/C48H53F3N8O8/c1-30-15-9-11-21-35(30)58-47(66)53-24-14-13-23-37(55-44(63)38(57-46(65)48(49,50)51)26-33-28-54-36-22-12-10-20-34(33)36)43(62)56-39(27-41(60)67-29-32-18-7-4-8-19-32)45(64)59(2)40(42(52)61)25-31-16-5-3-6-17-31/h3-12,15-22,28,37-40,54H,13-14,23-27,29H2,1-2H3,(H2,52,61)(H,55,63)(H,56,62)(H,57,65)(H2,53,58,66)/t37-,38-,39-,40-/m0/s1. The lowest BCUT2D eigenvalue weighted by Gasteiger charge is -2.31. The van der Waals surface area contributed by atoms with Crippen LogP contribution in [0.25, 0.3) is 10.9 Å². The van der Waals surface area contributed by atoms with E-state index in [0.717, 1.165) is 10.5 Å². The molecule has 19 heteroatoms. The van der Waals surface area contributed by atoms with Crippen LogP contribution >= 0.6 is 0 Å². The number of rotatable bonds is 22. The van der Waals surface area contributed by atoms with Crippen LogP contribution in [0.3, 0.4) is 0 Å². The number of ether oxygens (including phenoxy) is 1. The van der Waals surface area contributed by atoms with Gasteiger partial charge in [-0.25, -0.2) is 4.79 Å². The molecule has 8 N–H and O–H groups in total. The number of nitrogens with zero attached hydrogens (tertiary/aromatic N) is 1. The minimum absolute atomic E-state index is 0.0192. The van der Waals surface area contributed by atoms with E-state index < -0.39 is 84.7 Å². The molecule has 0 fully saturated rings. The number of carbonyl (C=O) groups excluding carboxylic acids is 7. The molecular formula is C48H53F3N8O8. The van der Waals surface area contributed by atoms with Crippen LogP contribution in [0.2, 0.25) is 0 Å². The zero-order valence-corrected chi connectivity index (χ0v) is 36.9. The topological polar surface area (TPSA) is 234 Å². The third-order valence-electron chi connectivity index (χ3n) is 10.9.